The maximum absolute atomic E-state index is 5.12. The molecule has 0 radical (unpaired) electrons. The molecule has 0 aliphatic heterocycles. The molecule has 0 spiro atoms. The number of fused-ring (bicyclic) bond motifs is 3. The fraction of sp³-hybridized carbons (Fsp3) is 0.0588. The van der Waals surface area contributed by atoms with Crippen LogP contribution in [0.15, 0.2) is 249 Å². The van der Waals surface area contributed by atoms with Gasteiger partial charge >= 0.3 is 0 Å². The van der Waals surface area contributed by atoms with Gasteiger partial charge in [0.05, 0.1) is 22.4 Å². The maximum Gasteiger partial charge on any atom is 0.160 e. The van der Waals surface area contributed by atoms with E-state index in [1.807, 2.05) is 0 Å². The first-order chi connectivity index (χ1) is 35.8. The van der Waals surface area contributed by atoms with Crippen molar-refractivity contribution in [1.82, 2.24) is 14.5 Å². The lowest BCUT2D eigenvalue weighted by molar-refractivity contribution is 1.18. The number of rotatable bonds is 11. The van der Waals surface area contributed by atoms with E-state index < -0.39 is 0 Å². The molecule has 0 aliphatic rings. The molecule has 0 saturated heterocycles. The zero-order valence-corrected chi connectivity index (χ0v) is 41.4. The van der Waals surface area contributed by atoms with E-state index in [1.165, 1.54) is 33.0 Å². The van der Waals surface area contributed by atoms with Crippen molar-refractivity contribution in [2.45, 2.75) is 27.7 Å². The molecule has 10 aromatic carbocycles. The summed E-state index contributed by atoms with van der Waals surface area (Å²) >= 11 is 0. The molecule has 73 heavy (non-hydrogen) atoms. The second-order valence-corrected chi connectivity index (χ2v) is 19.1. The minimum absolute atomic E-state index is 0.713. The van der Waals surface area contributed by atoms with E-state index in [1.54, 1.807) is 0 Å². The molecule has 350 valence electrons. The van der Waals surface area contributed by atoms with Gasteiger partial charge in [-0.25, -0.2) is 9.97 Å². The largest absolute Gasteiger partial charge is 0.310 e. The van der Waals surface area contributed by atoms with Gasteiger partial charge in [-0.15, -0.1) is 0 Å². The van der Waals surface area contributed by atoms with Crippen LogP contribution in [0.4, 0.5) is 34.1 Å². The molecule has 2 heterocycles. The van der Waals surface area contributed by atoms with Gasteiger partial charge in [0, 0.05) is 67.3 Å². The second kappa shape index (κ2) is 19.1. The predicted octanol–water partition coefficient (Wildman–Crippen LogP) is 18.4. The third-order valence-corrected chi connectivity index (χ3v) is 13.9. The van der Waals surface area contributed by atoms with Gasteiger partial charge in [-0.05, 0) is 142 Å². The van der Waals surface area contributed by atoms with Crippen LogP contribution in [-0.2, 0) is 0 Å². The van der Waals surface area contributed by atoms with E-state index in [2.05, 4.69) is 291 Å². The first kappa shape index (κ1) is 44.9. The Labute approximate surface area is 427 Å². The van der Waals surface area contributed by atoms with Crippen LogP contribution in [0, 0.1) is 27.7 Å². The SMILES string of the molecule is Cc1ccc(-c2cc(-c3ccc(-c4ccc(-n5c6ccc(N(c7ccccc7)c7ccc(C)cc7)cc6c6cc(N(c7ccccc7)c7ccc(C)cc7)ccc65)cc4)cc3)nc(-c3ccc(C)cc3)n2)cc1. The highest BCUT2D eigenvalue weighted by Gasteiger charge is 2.21. The minimum atomic E-state index is 0.713. The third kappa shape index (κ3) is 8.94. The van der Waals surface area contributed by atoms with Gasteiger partial charge < -0.3 is 14.4 Å². The summed E-state index contributed by atoms with van der Waals surface area (Å²) in [5, 5.41) is 2.33. The summed E-state index contributed by atoms with van der Waals surface area (Å²) < 4.78 is 2.41. The molecule has 5 heteroatoms. The fourth-order valence-electron chi connectivity index (χ4n) is 9.93. The molecule has 12 rings (SSSR count). The summed E-state index contributed by atoms with van der Waals surface area (Å²) in [6.07, 6.45) is 0. The van der Waals surface area contributed by atoms with Crippen molar-refractivity contribution < 1.29 is 0 Å². The number of benzene rings is 10. The molecule has 0 N–H and O–H groups in total. The molecule has 0 aliphatic carbocycles. The van der Waals surface area contributed by atoms with Crippen LogP contribution in [0.2, 0.25) is 0 Å². The van der Waals surface area contributed by atoms with Crippen molar-refractivity contribution in [1.29, 1.82) is 0 Å². The Bertz CT molecular complexity index is 3670. The average molecular weight is 940 g/mol. The molecular weight excluding hydrogens is 887 g/mol. The molecule has 5 nitrogen and oxygen atoms in total. The molecule has 12 aromatic rings. The van der Waals surface area contributed by atoms with E-state index in [0.29, 0.717) is 5.82 Å². The van der Waals surface area contributed by atoms with Crippen molar-refractivity contribution in [2.24, 2.45) is 0 Å². The summed E-state index contributed by atoms with van der Waals surface area (Å²) in [5.74, 6) is 0.713. The lowest BCUT2D eigenvalue weighted by Crippen LogP contribution is -2.10. The normalized spacial score (nSPS) is 11.3. The number of hydrogen-bond acceptors (Lipinski definition) is 4. The van der Waals surface area contributed by atoms with Crippen LogP contribution in [0.1, 0.15) is 22.3 Å². The van der Waals surface area contributed by atoms with Crippen LogP contribution < -0.4 is 9.80 Å². The van der Waals surface area contributed by atoms with Gasteiger partial charge in [-0.3, -0.25) is 0 Å². The highest BCUT2D eigenvalue weighted by molar-refractivity contribution is 6.12. The number of aromatic nitrogens is 3. The molecule has 0 atom stereocenters. The molecule has 0 fully saturated rings. The molecule has 2 aromatic heterocycles. The Morgan fingerprint density at radius 3 is 1.04 bits per heavy atom. The standard InChI is InChI=1S/C68H53N5/c1-46-15-23-52(24-16-46)64-45-65(70-68(69-64)54-25-17-47(2)18-26-54)53-29-27-50(28-30-53)51-31-37-59(38-32-51)73-66-41-39-60(71(55-11-7-5-8-12-55)57-33-19-48(3)20-34-57)43-62(66)63-44-61(40-42-67(63)73)72(56-13-9-6-10-14-56)58-35-21-49(4)22-36-58/h5-45H,1-4H3. The average Bonchev–Trinajstić information content (AvgIpc) is 3.76. The van der Waals surface area contributed by atoms with E-state index >= 15 is 0 Å². The Hall–Kier alpha value is -9.32. The molecular formula is C68H53N5. The minimum Gasteiger partial charge on any atom is -0.310 e. The van der Waals surface area contributed by atoms with E-state index in [-0.39, 0.29) is 0 Å². The Balaban J connectivity index is 0.952. The number of para-hydroxylation sites is 2. The smallest absolute Gasteiger partial charge is 0.160 e. The van der Waals surface area contributed by atoms with Crippen LogP contribution in [0.3, 0.4) is 0 Å². The van der Waals surface area contributed by atoms with E-state index in [4.69, 9.17) is 9.97 Å². The first-order valence-electron chi connectivity index (χ1n) is 25.0. The summed E-state index contributed by atoms with van der Waals surface area (Å²) in [6, 6.07) is 89.6. The van der Waals surface area contributed by atoms with Crippen LogP contribution in [0.5, 0.6) is 0 Å². The van der Waals surface area contributed by atoms with Gasteiger partial charge in [0.25, 0.3) is 0 Å². The summed E-state index contributed by atoms with van der Waals surface area (Å²) in [7, 11) is 0. The van der Waals surface area contributed by atoms with Crippen molar-refractivity contribution in [3.8, 4) is 50.7 Å². The topological polar surface area (TPSA) is 37.2 Å². The zero-order valence-electron chi connectivity index (χ0n) is 41.4. The Morgan fingerprint density at radius 1 is 0.288 bits per heavy atom. The van der Waals surface area contributed by atoms with Gasteiger partial charge in [0.2, 0.25) is 0 Å². The van der Waals surface area contributed by atoms with Gasteiger partial charge in [0.15, 0.2) is 5.82 Å². The summed E-state index contributed by atoms with van der Waals surface area (Å²) in [6.45, 7) is 8.48. The van der Waals surface area contributed by atoms with Crippen molar-refractivity contribution >= 4 is 55.9 Å². The summed E-state index contributed by atoms with van der Waals surface area (Å²) in [4.78, 5) is 14.9. The second-order valence-electron chi connectivity index (χ2n) is 19.1. The van der Waals surface area contributed by atoms with Gasteiger partial charge in [-0.2, -0.15) is 0 Å². The number of aryl methyl sites for hydroxylation is 4. The number of nitrogens with zero attached hydrogens (tertiary/aromatic N) is 5. The van der Waals surface area contributed by atoms with Gasteiger partial charge in [0.1, 0.15) is 0 Å². The monoisotopic (exact) mass is 939 g/mol. The van der Waals surface area contributed by atoms with Gasteiger partial charge in [-0.1, -0.05) is 168 Å². The highest BCUT2D eigenvalue weighted by Crippen LogP contribution is 2.43. The Morgan fingerprint density at radius 2 is 0.616 bits per heavy atom. The lowest BCUT2D eigenvalue weighted by Gasteiger charge is -2.26. The first-order valence-corrected chi connectivity index (χ1v) is 25.0. The van der Waals surface area contributed by atoms with E-state index in [9.17, 15) is 0 Å². The number of hydrogen-bond donors (Lipinski definition) is 0. The number of anilines is 6. The molecule has 0 amide bonds. The van der Waals surface area contributed by atoms with Crippen LogP contribution in [0.25, 0.3) is 72.5 Å². The van der Waals surface area contributed by atoms with Crippen LogP contribution in [-0.4, -0.2) is 14.5 Å². The zero-order chi connectivity index (χ0) is 49.4. The van der Waals surface area contributed by atoms with E-state index in [0.717, 1.165) is 90.1 Å². The third-order valence-electron chi connectivity index (χ3n) is 13.9. The maximum atomic E-state index is 5.12. The predicted molar refractivity (Wildman–Crippen MR) is 306 cm³/mol. The van der Waals surface area contributed by atoms with Crippen molar-refractivity contribution in [2.75, 3.05) is 9.80 Å². The van der Waals surface area contributed by atoms with Crippen molar-refractivity contribution in [3.05, 3.63) is 271 Å². The molecule has 0 bridgehead atoms. The Kier molecular flexibility index (Phi) is 11.7. The summed E-state index contributed by atoms with van der Waals surface area (Å²) in [5.41, 5.74) is 22.0. The molecule has 0 saturated carbocycles. The molecule has 0 unspecified atom stereocenters. The lowest BCUT2D eigenvalue weighted by atomic mass is 10.0. The quantitative estimate of drug-likeness (QED) is 0.129. The van der Waals surface area contributed by atoms with Crippen LogP contribution >= 0.6 is 0 Å². The highest BCUT2D eigenvalue weighted by atomic mass is 15.1. The fourth-order valence-corrected chi connectivity index (χ4v) is 9.93. The van der Waals surface area contributed by atoms with Crippen molar-refractivity contribution in [3.63, 3.8) is 0 Å².